The molecule has 0 aromatic heterocycles. The van der Waals surface area contributed by atoms with E-state index >= 15 is 0 Å². The van der Waals surface area contributed by atoms with E-state index in [1.54, 1.807) is 0 Å². The van der Waals surface area contributed by atoms with Gasteiger partial charge in [0.25, 0.3) is 0 Å². The van der Waals surface area contributed by atoms with E-state index in [1.807, 2.05) is 13.0 Å². The van der Waals surface area contributed by atoms with Gasteiger partial charge in [0.05, 0.1) is 19.7 Å². The van der Waals surface area contributed by atoms with Gasteiger partial charge < -0.3 is 9.64 Å². The minimum atomic E-state index is -0.428. The average molecular weight is 286 g/mol. The van der Waals surface area contributed by atoms with Crippen molar-refractivity contribution in [1.29, 1.82) is 0 Å². The zero-order chi connectivity index (χ0) is 14.9. The molecule has 2 fully saturated rings. The number of piperidine rings is 1. The molecule has 1 aliphatic heterocycles. The first-order valence-corrected chi connectivity index (χ1v) is 7.89. The molecule has 0 radical (unpaired) electrons. The highest BCUT2D eigenvalue weighted by Gasteiger charge is 2.56. The molecule has 1 aromatic carbocycles. The van der Waals surface area contributed by atoms with Crippen LogP contribution in [0.5, 0.6) is 0 Å². The first-order valence-electron chi connectivity index (χ1n) is 7.89. The van der Waals surface area contributed by atoms with Gasteiger partial charge in [-0.3, -0.25) is 4.79 Å². The summed E-state index contributed by atoms with van der Waals surface area (Å²) < 4.78 is 5.36. The van der Waals surface area contributed by atoms with Gasteiger partial charge in [0.2, 0.25) is 0 Å². The fraction of sp³-hybridized carbons (Fsp3) is 0.500. The lowest BCUT2D eigenvalue weighted by Crippen LogP contribution is -3.14. The first-order chi connectivity index (χ1) is 10.2. The number of hydrogen-bond donors (Lipinski definition) is 1. The number of carbonyl (C=O) groups excluding carboxylic acids is 1. The SMILES string of the molecule is C=C1C2CCC1(C(=O)OCC)C[NH+](Cc1ccccc1)C2. The van der Waals surface area contributed by atoms with Gasteiger partial charge in [0.1, 0.15) is 12.0 Å². The van der Waals surface area contributed by atoms with Crippen molar-refractivity contribution in [2.24, 2.45) is 11.3 Å². The summed E-state index contributed by atoms with van der Waals surface area (Å²) in [6.07, 6.45) is 1.99. The second-order valence-corrected chi connectivity index (χ2v) is 6.36. The number of ether oxygens (including phenoxy) is 1. The van der Waals surface area contributed by atoms with Crippen LogP contribution in [0.15, 0.2) is 42.5 Å². The third-order valence-electron chi connectivity index (χ3n) is 5.08. The van der Waals surface area contributed by atoms with Gasteiger partial charge in [0.15, 0.2) is 0 Å². The maximum absolute atomic E-state index is 12.5. The van der Waals surface area contributed by atoms with Crippen LogP contribution in [-0.2, 0) is 16.1 Å². The molecule has 1 aliphatic carbocycles. The highest BCUT2D eigenvalue weighted by Crippen LogP contribution is 2.47. The van der Waals surface area contributed by atoms with Crippen LogP contribution in [0, 0.1) is 11.3 Å². The van der Waals surface area contributed by atoms with Crippen molar-refractivity contribution in [2.45, 2.75) is 26.3 Å². The van der Waals surface area contributed by atoms with Crippen molar-refractivity contribution in [2.75, 3.05) is 19.7 Å². The van der Waals surface area contributed by atoms with Crippen LogP contribution in [-0.4, -0.2) is 25.7 Å². The Labute approximate surface area is 126 Å². The normalized spacial score (nSPS) is 31.2. The highest BCUT2D eigenvalue weighted by molar-refractivity contribution is 5.81. The standard InChI is InChI=1S/C18H23NO2/c1-3-21-17(20)18-10-9-16(14(18)2)12-19(13-18)11-15-7-5-4-6-8-15/h4-8,16H,2-3,9-13H2,1H3/p+1. The molecule has 3 atom stereocenters. The number of rotatable bonds is 4. The van der Waals surface area contributed by atoms with E-state index in [0.29, 0.717) is 12.5 Å². The van der Waals surface area contributed by atoms with Crippen molar-refractivity contribution < 1.29 is 14.4 Å². The van der Waals surface area contributed by atoms with Gasteiger partial charge in [0, 0.05) is 11.5 Å². The summed E-state index contributed by atoms with van der Waals surface area (Å²) in [4.78, 5) is 14.0. The van der Waals surface area contributed by atoms with Crippen LogP contribution >= 0.6 is 0 Å². The molecule has 21 heavy (non-hydrogen) atoms. The molecule has 1 N–H and O–H groups in total. The van der Waals surface area contributed by atoms with Crippen molar-refractivity contribution in [3.8, 4) is 0 Å². The molecule has 1 saturated heterocycles. The molecule has 3 unspecified atom stereocenters. The van der Waals surface area contributed by atoms with E-state index in [0.717, 1.165) is 38.0 Å². The average Bonchev–Trinajstić information content (AvgIpc) is 2.69. The number of nitrogens with one attached hydrogen (secondary N) is 1. The number of esters is 1. The van der Waals surface area contributed by atoms with Crippen molar-refractivity contribution in [3.63, 3.8) is 0 Å². The van der Waals surface area contributed by atoms with Crippen molar-refractivity contribution in [3.05, 3.63) is 48.0 Å². The molecule has 1 aromatic rings. The number of carbonyl (C=O) groups is 1. The molecule has 2 bridgehead atoms. The van der Waals surface area contributed by atoms with Gasteiger partial charge in [-0.15, -0.1) is 0 Å². The molecule has 3 heteroatoms. The number of likely N-dealkylation sites (tertiary alicyclic amines) is 1. The number of hydrogen-bond acceptors (Lipinski definition) is 2. The van der Waals surface area contributed by atoms with Gasteiger partial charge in [-0.1, -0.05) is 36.9 Å². The lowest BCUT2D eigenvalue weighted by molar-refractivity contribution is -0.923. The van der Waals surface area contributed by atoms with Crippen LogP contribution < -0.4 is 4.90 Å². The monoisotopic (exact) mass is 286 g/mol. The van der Waals surface area contributed by atoms with Crippen LogP contribution in [0.2, 0.25) is 0 Å². The second kappa shape index (κ2) is 5.64. The summed E-state index contributed by atoms with van der Waals surface area (Å²) in [7, 11) is 0. The Morgan fingerprint density at radius 1 is 1.43 bits per heavy atom. The summed E-state index contributed by atoms with van der Waals surface area (Å²) >= 11 is 0. The van der Waals surface area contributed by atoms with E-state index in [2.05, 4.69) is 30.8 Å². The van der Waals surface area contributed by atoms with Crippen molar-refractivity contribution >= 4 is 5.97 Å². The molecule has 0 spiro atoms. The van der Waals surface area contributed by atoms with Crippen LogP contribution in [0.1, 0.15) is 25.3 Å². The molecule has 112 valence electrons. The smallest absolute Gasteiger partial charge is 0.322 e. The Kier molecular flexibility index (Phi) is 3.85. The molecular formula is C18H24NO2+. The van der Waals surface area contributed by atoms with E-state index in [1.165, 1.54) is 10.5 Å². The number of benzene rings is 1. The van der Waals surface area contributed by atoms with Crippen LogP contribution in [0.3, 0.4) is 0 Å². The maximum atomic E-state index is 12.5. The second-order valence-electron chi connectivity index (χ2n) is 6.36. The zero-order valence-electron chi connectivity index (χ0n) is 12.7. The minimum absolute atomic E-state index is 0.0530. The maximum Gasteiger partial charge on any atom is 0.322 e. The molecule has 3 rings (SSSR count). The Morgan fingerprint density at radius 2 is 2.19 bits per heavy atom. The lowest BCUT2D eigenvalue weighted by Gasteiger charge is -2.37. The van der Waals surface area contributed by atoms with Gasteiger partial charge in [-0.2, -0.15) is 0 Å². The molecule has 3 nitrogen and oxygen atoms in total. The fourth-order valence-corrected chi connectivity index (χ4v) is 4.01. The predicted molar refractivity (Wildman–Crippen MR) is 81.8 cm³/mol. The van der Waals surface area contributed by atoms with E-state index in [9.17, 15) is 4.79 Å². The topological polar surface area (TPSA) is 30.7 Å². The zero-order valence-corrected chi connectivity index (χ0v) is 12.7. The summed E-state index contributed by atoms with van der Waals surface area (Å²) in [6, 6.07) is 10.5. The number of quaternary nitrogens is 1. The Bertz CT molecular complexity index is 539. The van der Waals surface area contributed by atoms with Gasteiger partial charge in [-0.05, 0) is 25.3 Å². The van der Waals surface area contributed by atoms with E-state index < -0.39 is 5.41 Å². The predicted octanol–water partition coefficient (Wildman–Crippen LogP) is 1.60. The molecule has 1 saturated carbocycles. The molecule has 0 amide bonds. The first kappa shape index (κ1) is 14.3. The summed E-state index contributed by atoms with van der Waals surface area (Å²) in [6.45, 7) is 9.47. The third kappa shape index (κ3) is 2.51. The van der Waals surface area contributed by atoms with E-state index in [-0.39, 0.29) is 5.97 Å². The summed E-state index contributed by atoms with van der Waals surface area (Å²) in [5, 5.41) is 0. The largest absolute Gasteiger partial charge is 0.465 e. The Hall–Kier alpha value is -1.61. The highest BCUT2D eigenvalue weighted by atomic mass is 16.5. The quantitative estimate of drug-likeness (QED) is 0.673. The fourth-order valence-electron chi connectivity index (χ4n) is 4.01. The Balaban J connectivity index is 1.78. The van der Waals surface area contributed by atoms with Crippen LogP contribution in [0.4, 0.5) is 0 Å². The molecular weight excluding hydrogens is 262 g/mol. The minimum Gasteiger partial charge on any atom is -0.465 e. The Morgan fingerprint density at radius 3 is 2.90 bits per heavy atom. The van der Waals surface area contributed by atoms with Gasteiger partial charge in [-0.25, -0.2) is 0 Å². The summed E-state index contributed by atoms with van der Waals surface area (Å²) in [5.41, 5.74) is 2.03. The number of fused-ring (bicyclic) bond motifs is 2. The van der Waals surface area contributed by atoms with Crippen LogP contribution in [0.25, 0.3) is 0 Å². The summed E-state index contributed by atoms with van der Waals surface area (Å²) in [5.74, 6) is 0.421. The lowest BCUT2D eigenvalue weighted by atomic mass is 9.78. The van der Waals surface area contributed by atoms with E-state index in [4.69, 9.17) is 4.74 Å². The molecule has 1 heterocycles. The van der Waals surface area contributed by atoms with Crippen molar-refractivity contribution in [1.82, 2.24) is 0 Å². The molecule has 2 aliphatic rings. The van der Waals surface area contributed by atoms with Gasteiger partial charge >= 0.3 is 5.97 Å². The third-order valence-corrected chi connectivity index (χ3v) is 5.08.